The maximum Gasteiger partial charge on any atom is 0.264 e. The topological polar surface area (TPSA) is 54.4 Å². The highest BCUT2D eigenvalue weighted by molar-refractivity contribution is 7.85. The molecule has 100 valence electrons. The van der Waals surface area contributed by atoms with E-state index in [-0.39, 0.29) is 5.75 Å². The first-order valence-electron chi connectivity index (χ1n) is 6.47. The van der Waals surface area contributed by atoms with E-state index < -0.39 is 10.1 Å². The Morgan fingerprint density at radius 3 is 1.94 bits per heavy atom. The van der Waals surface area contributed by atoms with E-state index in [4.69, 9.17) is 4.55 Å². The van der Waals surface area contributed by atoms with E-state index in [2.05, 4.69) is 18.8 Å². The predicted molar refractivity (Wildman–Crippen MR) is 71.4 cm³/mol. The predicted octanol–water partition coefficient (Wildman–Crippen LogP) is 3.41. The molecule has 0 aromatic heterocycles. The first-order valence-corrected chi connectivity index (χ1v) is 8.08. The largest absolute Gasteiger partial charge is 0.286 e. The van der Waals surface area contributed by atoms with E-state index in [9.17, 15) is 8.42 Å². The van der Waals surface area contributed by atoms with Crippen LogP contribution in [0, 0.1) is 11.8 Å². The van der Waals surface area contributed by atoms with Crippen LogP contribution >= 0.6 is 0 Å². The third-order valence-corrected chi connectivity index (χ3v) is 3.31. The summed E-state index contributed by atoms with van der Waals surface area (Å²) in [6.07, 6.45) is 9.15. The van der Waals surface area contributed by atoms with Crippen LogP contribution in [0.1, 0.15) is 64.7 Å². The van der Waals surface area contributed by atoms with E-state index >= 15 is 0 Å². The van der Waals surface area contributed by atoms with Crippen molar-refractivity contribution in [2.45, 2.75) is 64.7 Å². The first-order chi connectivity index (χ1) is 8.06. The van der Waals surface area contributed by atoms with Crippen LogP contribution in [0.25, 0.3) is 0 Å². The second-order valence-electron chi connectivity index (χ2n) is 4.22. The van der Waals surface area contributed by atoms with Crippen LogP contribution in [0.15, 0.2) is 0 Å². The minimum absolute atomic E-state index is 0.0976. The summed E-state index contributed by atoms with van der Waals surface area (Å²) in [7, 11) is -3.75. The fraction of sp³-hybridized carbons (Fsp3) is 0.846. The van der Waals surface area contributed by atoms with Crippen molar-refractivity contribution < 1.29 is 13.0 Å². The van der Waals surface area contributed by atoms with Gasteiger partial charge in [0.25, 0.3) is 10.1 Å². The lowest BCUT2D eigenvalue weighted by atomic mass is 10.1. The van der Waals surface area contributed by atoms with Crippen LogP contribution in [-0.2, 0) is 10.1 Å². The summed E-state index contributed by atoms with van der Waals surface area (Å²) >= 11 is 0. The van der Waals surface area contributed by atoms with E-state index in [1.165, 1.54) is 12.8 Å². The molecule has 1 N–H and O–H groups in total. The molecule has 0 radical (unpaired) electrons. The van der Waals surface area contributed by atoms with Crippen LogP contribution < -0.4 is 0 Å². The Morgan fingerprint density at radius 1 is 0.882 bits per heavy atom. The van der Waals surface area contributed by atoms with Crippen molar-refractivity contribution in [3.05, 3.63) is 0 Å². The zero-order valence-corrected chi connectivity index (χ0v) is 11.6. The molecule has 0 atom stereocenters. The molecule has 0 saturated carbocycles. The zero-order chi connectivity index (χ0) is 13.0. The minimum atomic E-state index is -3.75. The highest BCUT2D eigenvalue weighted by Crippen LogP contribution is 2.08. The van der Waals surface area contributed by atoms with Crippen LogP contribution in [0.4, 0.5) is 0 Å². The van der Waals surface area contributed by atoms with Gasteiger partial charge < -0.3 is 0 Å². The molecule has 0 amide bonds. The van der Waals surface area contributed by atoms with Crippen LogP contribution in [0.3, 0.4) is 0 Å². The van der Waals surface area contributed by atoms with Crippen molar-refractivity contribution in [1.29, 1.82) is 0 Å². The van der Waals surface area contributed by atoms with Crippen molar-refractivity contribution >= 4 is 10.1 Å². The monoisotopic (exact) mass is 260 g/mol. The molecule has 0 aliphatic rings. The Morgan fingerprint density at radius 2 is 1.41 bits per heavy atom. The molecule has 0 heterocycles. The van der Waals surface area contributed by atoms with Gasteiger partial charge in [-0.3, -0.25) is 4.55 Å². The lowest BCUT2D eigenvalue weighted by Gasteiger charge is -2.00. The Labute approximate surface area is 106 Å². The van der Waals surface area contributed by atoms with Crippen molar-refractivity contribution in [3.8, 4) is 11.8 Å². The molecule has 0 fully saturated rings. The lowest BCUT2D eigenvalue weighted by molar-refractivity contribution is 0.478. The smallest absolute Gasteiger partial charge is 0.264 e. The quantitative estimate of drug-likeness (QED) is 0.392. The maximum atomic E-state index is 10.4. The number of unbranched alkanes of at least 4 members (excludes halogenated alkanes) is 7. The molecule has 0 aliphatic heterocycles. The van der Waals surface area contributed by atoms with Gasteiger partial charge in [-0.05, 0) is 12.8 Å². The Kier molecular flexibility index (Phi) is 10.3. The molecule has 0 spiro atoms. The third-order valence-electron chi connectivity index (χ3n) is 2.51. The summed E-state index contributed by atoms with van der Waals surface area (Å²) in [6.45, 7) is 2.06. The molecule has 4 heteroatoms. The molecule has 0 aliphatic carbocycles. The molecule has 3 nitrogen and oxygen atoms in total. The SMILES string of the molecule is CCC#CCCCCCCCCCS(=O)(=O)O. The Balaban J connectivity index is 3.14. The fourth-order valence-corrected chi connectivity index (χ4v) is 2.16. The van der Waals surface area contributed by atoms with Crippen LogP contribution in [-0.4, -0.2) is 18.7 Å². The van der Waals surface area contributed by atoms with Gasteiger partial charge in [-0.15, -0.1) is 11.8 Å². The number of rotatable bonds is 9. The number of hydrogen-bond donors (Lipinski definition) is 1. The fourth-order valence-electron chi connectivity index (χ4n) is 1.60. The van der Waals surface area contributed by atoms with Crippen molar-refractivity contribution in [1.82, 2.24) is 0 Å². The number of hydrogen-bond acceptors (Lipinski definition) is 2. The van der Waals surface area contributed by atoms with Gasteiger partial charge >= 0.3 is 0 Å². The average molecular weight is 260 g/mol. The molecular formula is C13H24O3S. The van der Waals surface area contributed by atoms with E-state index in [0.717, 1.165) is 38.5 Å². The van der Waals surface area contributed by atoms with Crippen molar-refractivity contribution in [2.24, 2.45) is 0 Å². The molecule has 0 unspecified atom stereocenters. The Bertz CT molecular complexity index is 322. The lowest BCUT2D eigenvalue weighted by Crippen LogP contribution is -2.03. The summed E-state index contributed by atoms with van der Waals surface area (Å²) in [6, 6.07) is 0. The average Bonchev–Trinajstić information content (AvgIpc) is 2.24. The highest BCUT2D eigenvalue weighted by Gasteiger charge is 2.02. The van der Waals surface area contributed by atoms with E-state index in [1.54, 1.807) is 0 Å². The summed E-state index contributed by atoms with van der Waals surface area (Å²) in [5.41, 5.74) is 0. The van der Waals surface area contributed by atoms with Crippen LogP contribution in [0.5, 0.6) is 0 Å². The van der Waals surface area contributed by atoms with Crippen molar-refractivity contribution in [2.75, 3.05) is 5.75 Å². The van der Waals surface area contributed by atoms with Gasteiger partial charge in [0.1, 0.15) is 0 Å². The zero-order valence-electron chi connectivity index (χ0n) is 10.7. The summed E-state index contributed by atoms with van der Waals surface area (Å²) in [5, 5.41) is 0. The van der Waals surface area contributed by atoms with Gasteiger partial charge in [0.05, 0.1) is 5.75 Å². The van der Waals surface area contributed by atoms with Gasteiger partial charge in [-0.25, -0.2) is 0 Å². The summed E-state index contributed by atoms with van der Waals surface area (Å²) in [5.74, 6) is 6.07. The van der Waals surface area contributed by atoms with Gasteiger partial charge in [-0.2, -0.15) is 8.42 Å². The maximum absolute atomic E-state index is 10.4. The molecule has 0 bridgehead atoms. The van der Waals surface area contributed by atoms with Gasteiger partial charge in [-0.1, -0.05) is 39.0 Å². The molecule has 0 aromatic carbocycles. The first kappa shape index (κ1) is 16.5. The summed E-state index contributed by atoms with van der Waals surface area (Å²) < 4.78 is 29.4. The van der Waals surface area contributed by atoms with E-state index in [1.807, 2.05) is 0 Å². The van der Waals surface area contributed by atoms with Gasteiger partial charge in [0.2, 0.25) is 0 Å². The molecular weight excluding hydrogens is 236 g/mol. The second kappa shape index (κ2) is 10.6. The molecule has 0 rings (SSSR count). The highest BCUT2D eigenvalue weighted by atomic mass is 32.2. The third kappa shape index (κ3) is 15.5. The van der Waals surface area contributed by atoms with Crippen LogP contribution in [0.2, 0.25) is 0 Å². The van der Waals surface area contributed by atoms with Gasteiger partial charge in [0.15, 0.2) is 0 Å². The van der Waals surface area contributed by atoms with E-state index in [0.29, 0.717) is 6.42 Å². The minimum Gasteiger partial charge on any atom is -0.286 e. The Hall–Kier alpha value is -0.530. The molecule has 17 heavy (non-hydrogen) atoms. The summed E-state index contributed by atoms with van der Waals surface area (Å²) in [4.78, 5) is 0. The second-order valence-corrected chi connectivity index (χ2v) is 5.79. The molecule has 0 aromatic rings. The normalized spacial score (nSPS) is 10.9. The van der Waals surface area contributed by atoms with Crippen molar-refractivity contribution in [3.63, 3.8) is 0 Å². The van der Waals surface area contributed by atoms with Gasteiger partial charge in [0, 0.05) is 12.8 Å². The standard InChI is InChI=1S/C13H24O3S/c1-2-3-4-5-6-7-8-9-10-11-12-13-17(14,15)16/h2,5-13H2,1H3,(H,14,15,16). The molecule has 0 saturated heterocycles.